The van der Waals surface area contributed by atoms with Crippen LogP contribution in [0.5, 0.6) is 0 Å². The lowest BCUT2D eigenvalue weighted by Gasteiger charge is -2.23. The van der Waals surface area contributed by atoms with Crippen molar-refractivity contribution in [2.24, 2.45) is 5.73 Å². The lowest BCUT2D eigenvalue weighted by atomic mass is 10.00. The van der Waals surface area contributed by atoms with E-state index in [2.05, 4.69) is 22.6 Å². The summed E-state index contributed by atoms with van der Waals surface area (Å²) in [5.74, 6) is 0. The van der Waals surface area contributed by atoms with Gasteiger partial charge in [0.05, 0.1) is 6.61 Å². The fourth-order valence-corrected chi connectivity index (χ4v) is 0.763. The maximum atomic E-state index is 5.74. The summed E-state index contributed by atoms with van der Waals surface area (Å²) in [6, 6.07) is 0. The van der Waals surface area contributed by atoms with Gasteiger partial charge in [0.25, 0.3) is 0 Å². The van der Waals surface area contributed by atoms with E-state index < -0.39 is 0 Å². The van der Waals surface area contributed by atoms with Gasteiger partial charge in [0.2, 0.25) is 0 Å². The number of hydrogen-bond acceptors (Lipinski definition) is 3. The Kier molecular flexibility index (Phi) is 5.58. The molecule has 2 N–H and O–H groups in total. The van der Waals surface area contributed by atoms with Crippen LogP contribution in [0.2, 0.25) is 0 Å². The summed E-state index contributed by atoms with van der Waals surface area (Å²) < 4.78 is 10.2. The van der Waals surface area contributed by atoms with E-state index in [1.807, 2.05) is 18.8 Å². The number of ether oxygens (including phenoxy) is 2. The Hall–Kier alpha value is 0.610. The second-order valence-corrected chi connectivity index (χ2v) is 2.97. The molecule has 0 aromatic rings. The summed E-state index contributed by atoms with van der Waals surface area (Å²) in [5, 5.41) is 0. The van der Waals surface area contributed by atoms with Crippen LogP contribution in [0.15, 0.2) is 0 Å². The summed E-state index contributed by atoms with van der Waals surface area (Å²) in [7, 11) is 0. The minimum Gasteiger partial charge on any atom is -0.353 e. The minimum atomic E-state index is -0.267. The van der Waals surface area contributed by atoms with Gasteiger partial charge < -0.3 is 15.2 Å². The molecule has 0 aromatic carbocycles. The van der Waals surface area contributed by atoms with Crippen molar-refractivity contribution in [1.29, 1.82) is 0 Å². The van der Waals surface area contributed by atoms with Crippen LogP contribution in [0, 0.1) is 0 Å². The molecule has 1 fully saturated rings. The van der Waals surface area contributed by atoms with Crippen molar-refractivity contribution in [3.05, 3.63) is 0 Å². The van der Waals surface area contributed by atoms with Crippen molar-refractivity contribution >= 4 is 22.6 Å². The molecule has 3 nitrogen and oxygen atoms in total. The molecule has 1 unspecified atom stereocenters. The smallest absolute Gasteiger partial charge is 0.147 e. The van der Waals surface area contributed by atoms with E-state index in [0.717, 1.165) is 0 Å². The van der Waals surface area contributed by atoms with Gasteiger partial charge >= 0.3 is 0 Å². The van der Waals surface area contributed by atoms with E-state index >= 15 is 0 Å². The molecular weight excluding hydrogens is 257 g/mol. The van der Waals surface area contributed by atoms with E-state index in [0.29, 0.717) is 13.4 Å². The zero-order chi connectivity index (χ0) is 8.91. The fourth-order valence-electron chi connectivity index (χ4n) is 0.763. The largest absolute Gasteiger partial charge is 0.353 e. The normalized spacial score (nSPS) is 24.3. The Morgan fingerprint density at radius 1 is 1.45 bits per heavy atom. The number of halogens is 1. The molecule has 1 aliphatic heterocycles. The molecule has 11 heavy (non-hydrogen) atoms. The highest BCUT2D eigenvalue weighted by atomic mass is 127. The topological polar surface area (TPSA) is 44.5 Å². The first-order chi connectivity index (χ1) is 5.11. The molecule has 1 heterocycles. The maximum Gasteiger partial charge on any atom is 0.147 e. The van der Waals surface area contributed by atoms with Crippen molar-refractivity contribution in [3.63, 3.8) is 0 Å². The molecular formula is C7H16INO2. The third-order valence-electron chi connectivity index (χ3n) is 1.45. The van der Waals surface area contributed by atoms with Crippen LogP contribution in [0.1, 0.15) is 13.8 Å². The molecule has 0 spiro atoms. The van der Waals surface area contributed by atoms with Crippen LogP contribution in [-0.4, -0.2) is 30.0 Å². The maximum absolute atomic E-state index is 5.74. The van der Waals surface area contributed by atoms with E-state index in [9.17, 15) is 0 Å². The second kappa shape index (κ2) is 5.29. The molecule has 0 amide bonds. The predicted octanol–water partition coefficient (Wildman–Crippen LogP) is 1.15. The zero-order valence-electron chi connectivity index (χ0n) is 7.26. The third kappa shape index (κ3) is 4.25. The average molecular weight is 273 g/mol. The van der Waals surface area contributed by atoms with Crippen LogP contribution < -0.4 is 5.73 Å². The zero-order valence-corrected chi connectivity index (χ0v) is 9.42. The van der Waals surface area contributed by atoms with Gasteiger partial charge in [-0.25, -0.2) is 0 Å². The van der Waals surface area contributed by atoms with Crippen LogP contribution in [0.3, 0.4) is 0 Å². The van der Waals surface area contributed by atoms with E-state index in [1.54, 1.807) is 0 Å². The molecule has 1 saturated heterocycles. The number of rotatable bonds is 1. The quantitative estimate of drug-likeness (QED) is 0.575. The molecule has 1 atom stereocenters. The number of nitrogens with two attached hydrogens (primary N) is 1. The molecule has 0 bridgehead atoms. The number of alkyl halides is 1. The highest BCUT2D eigenvalue weighted by molar-refractivity contribution is 14.1. The molecule has 0 aromatic heterocycles. The summed E-state index contributed by atoms with van der Waals surface area (Å²) in [5.41, 5.74) is 5.47. The van der Waals surface area contributed by atoms with Crippen LogP contribution in [-0.2, 0) is 9.47 Å². The van der Waals surface area contributed by atoms with E-state index in [-0.39, 0.29) is 11.6 Å². The molecule has 0 radical (unpaired) electrons. The van der Waals surface area contributed by atoms with Crippen molar-refractivity contribution in [2.75, 3.05) is 18.3 Å². The molecule has 0 saturated carbocycles. The number of hydrogen-bond donors (Lipinski definition) is 1. The van der Waals surface area contributed by atoms with Gasteiger partial charge in [0.1, 0.15) is 12.9 Å². The van der Waals surface area contributed by atoms with E-state index in [4.69, 9.17) is 15.2 Å². The third-order valence-corrected chi connectivity index (χ3v) is 1.45. The Bertz CT molecular complexity index is 97.1. The Balaban J connectivity index is 0.000000461. The monoisotopic (exact) mass is 273 g/mol. The minimum absolute atomic E-state index is 0.0671. The van der Waals surface area contributed by atoms with Gasteiger partial charge in [-0.3, -0.25) is 0 Å². The Morgan fingerprint density at radius 3 is 2.18 bits per heavy atom. The van der Waals surface area contributed by atoms with Crippen LogP contribution in [0.25, 0.3) is 0 Å². The van der Waals surface area contributed by atoms with Gasteiger partial charge in [-0.15, -0.1) is 0 Å². The highest BCUT2D eigenvalue weighted by Crippen LogP contribution is 2.14. The SMILES string of the molecule is CC(C)(N)C1COCO1.CI. The first-order valence-corrected chi connectivity index (χ1v) is 5.62. The molecule has 4 heteroatoms. The Morgan fingerprint density at radius 2 is 2.00 bits per heavy atom. The van der Waals surface area contributed by atoms with Gasteiger partial charge in [-0.1, -0.05) is 22.6 Å². The van der Waals surface area contributed by atoms with Crippen molar-refractivity contribution in [2.45, 2.75) is 25.5 Å². The van der Waals surface area contributed by atoms with Crippen molar-refractivity contribution in [3.8, 4) is 0 Å². The van der Waals surface area contributed by atoms with Crippen LogP contribution >= 0.6 is 22.6 Å². The summed E-state index contributed by atoms with van der Waals surface area (Å²) in [6.07, 6.45) is 0.0671. The molecule has 0 aliphatic carbocycles. The molecule has 68 valence electrons. The van der Waals surface area contributed by atoms with Gasteiger partial charge in [0.15, 0.2) is 0 Å². The first-order valence-electron chi connectivity index (χ1n) is 3.47. The predicted molar refractivity (Wildman–Crippen MR) is 53.9 cm³/mol. The van der Waals surface area contributed by atoms with Gasteiger partial charge in [0, 0.05) is 5.54 Å². The lowest BCUT2D eigenvalue weighted by molar-refractivity contribution is 0.0269. The summed E-state index contributed by atoms with van der Waals surface area (Å²) in [6.45, 7) is 4.90. The van der Waals surface area contributed by atoms with E-state index in [1.165, 1.54) is 0 Å². The molecule has 1 rings (SSSR count). The summed E-state index contributed by atoms with van der Waals surface area (Å²) in [4.78, 5) is 1.97. The highest BCUT2D eigenvalue weighted by Gasteiger charge is 2.29. The van der Waals surface area contributed by atoms with Crippen molar-refractivity contribution in [1.82, 2.24) is 0 Å². The van der Waals surface area contributed by atoms with Crippen LogP contribution in [0.4, 0.5) is 0 Å². The standard InChI is InChI=1S/C6H13NO2.CH3I/c1-6(2,7)5-3-8-4-9-5;1-2/h5H,3-4,7H2,1-2H3;1H3. The average Bonchev–Trinajstić information content (AvgIpc) is 2.40. The van der Waals surface area contributed by atoms with Crippen molar-refractivity contribution < 1.29 is 9.47 Å². The lowest BCUT2D eigenvalue weighted by Crippen LogP contribution is -2.46. The van der Waals surface area contributed by atoms with Gasteiger partial charge in [-0.2, -0.15) is 0 Å². The van der Waals surface area contributed by atoms with Gasteiger partial charge in [-0.05, 0) is 18.8 Å². The summed E-state index contributed by atoms with van der Waals surface area (Å²) >= 11 is 2.15. The Labute approximate surface area is 81.8 Å². The second-order valence-electron chi connectivity index (χ2n) is 2.97. The fraction of sp³-hybridized carbons (Fsp3) is 1.00. The molecule has 1 aliphatic rings. The first kappa shape index (κ1) is 11.6.